The summed E-state index contributed by atoms with van der Waals surface area (Å²) in [7, 11) is -1.66. The van der Waals surface area contributed by atoms with Crippen LogP contribution in [0, 0.1) is 0 Å². The monoisotopic (exact) mass is 552 g/mol. The molecule has 204 valence electrons. The molecule has 0 spiro atoms. The second kappa shape index (κ2) is 12.6. The minimum Gasteiger partial charge on any atom is -0.494 e. The number of hydrogen-bond acceptors (Lipinski definition) is 9. The van der Waals surface area contributed by atoms with E-state index in [1.54, 1.807) is 7.11 Å². The number of ether oxygens (including phenoxy) is 1. The molecule has 0 aliphatic heterocycles. The maximum absolute atomic E-state index is 11.8. The maximum atomic E-state index is 11.8. The lowest BCUT2D eigenvalue weighted by molar-refractivity contribution is 0.281. The number of halogens is 1. The number of hydrogen-bond donors (Lipinski definition) is 5. The Kier molecular flexibility index (Phi) is 9.46. The van der Waals surface area contributed by atoms with E-state index in [0.29, 0.717) is 29.4 Å². The van der Waals surface area contributed by atoms with Crippen molar-refractivity contribution in [2.24, 2.45) is 0 Å². The second-order valence-electron chi connectivity index (χ2n) is 9.80. The van der Waals surface area contributed by atoms with Crippen molar-refractivity contribution >= 4 is 39.1 Å². The summed E-state index contributed by atoms with van der Waals surface area (Å²) in [6, 6.07) is 4.05. The van der Waals surface area contributed by atoms with Crippen LogP contribution in [0.25, 0.3) is 0 Å². The van der Waals surface area contributed by atoms with E-state index in [2.05, 4.69) is 36.7 Å². The lowest BCUT2D eigenvalue weighted by atomic mass is 9.91. The molecular formula is C25H37ClN6O4S. The molecule has 1 heterocycles. The van der Waals surface area contributed by atoms with Gasteiger partial charge in [0.2, 0.25) is 16.0 Å². The third kappa shape index (κ3) is 7.44. The number of aliphatic hydroxyl groups excluding tert-OH is 1. The number of rotatable bonds is 10. The number of nitrogens with zero attached hydrogens (tertiary/aromatic N) is 2. The Morgan fingerprint density at radius 1 is 1.16 bits per heavy atom. The lowest BCUT2D eigenvalue weighted by Crippen LogP contribution is -2.48. The summed E-state index contributed by atoms with van der Waals surface area (Å²) in [5.74, 6) is 1.60. The van der Waals surface area contributed by atoms with Gasteiger partial charge in [0.1, 0.15) is 10.8 Å². The normalized spacial score (nSPS) is 22.1. The second-order valence-corrected chi connectivity index (χ2v) is 12.0. The van der Waals surface area contributed by atoms with Crippen LogP contribution in [0.4, 0.5) is 17.5 Å². The average molecular weight is 553 g/mol. The highest BCUT2D eigenvalue weighted by atomic mass is 35.5. The van der Waals surface area contributed by atoms with Crippen LogP contribution >= 0.6 is 11.6 Å². The third-order valence-corrected chi connectivity index (χ3v) is 8.00. The highest BCUT2D eigenvalue weighted by Crippen LogP contribution is 2.37. The first kappa shape index (κ1) is 27.8. The van der Waals surface area contributed by atoms with Gasteiger partial charge in [0.05, 0.1) is 31.9 Å². The number of aromatic nitrogens is 2. The van der Waals surface area contributed by atoms with Crippen molar-refractivity contribution in [3.63, 3.8) is 0 Å². The molecule has 10 nitrogen and oxygen atoms in total. The SMILES string of the molecule is COc1c(Nc2ncc(Cl)c(N[C@@H]3CCCC[C@H]3NS(C)(=O)=O)n2)ccc2c1CCCC(NCCO)C2. The van der Waals surface area contributed by atoms with Crippen LogP contribution in [0.1, 0.15) is 49.7 Å². The van der Waals surface area contributed by atoms with Crippen LogP contribution in [0.15, 0.2) is 18.3 Å². The Balaban J connectivity index is 1.53. The highest BCUT2D eigenvalue weighted by molar-refractivity contribution is 7.88. The van der Waals surface area contributed by atoms with Gasteiger partial charge in [-0.25, -0.2) is 18.1 Å². The van der Waals surface area contributed by atoms with E-state index < -0.39 is 10.0 Å². The van der Waals surface area contributed by atoms with Crippen LogP contribution in [-0.2, 0) is 22.9 Å². The standard InChI is InChI=1S/C25H37ClN6O4S/c1-36-23-18-7-5-6-17(27-12-13-33)14-16(18)10-11-22(23)30-25-28-15-19(26)24(31-25)29-20-8-3-4-9-21(20)32-37(2,34)35/h10-11,15,17,20-21,27,32-33H,3-9,12-14H2,1-2H3,(H2,28,29,30,31)/t17?,20-,21-/m1/s1. The fourth-order valence-corrected chi connectivity index (χ4v) is 6.32. The van der Waals surface area contributed by atoms with Crippen molar-refractivity contribution in [3.8, 4) is 5.75 Å². The van der Waals surface area contributed by atoms with E-state index in [4.69, 9.17) is 21.4 Å². The topological polar surface area (TPSA) is 138 Å². The fraction of sp³-hybridized carbons (Fsp3) is 0.600. The minimum absolute atomic E-state index is 0.127. The molecular weight excluding hydrogens is 516 g/mol. The highest BCUT2D eigenvalue weighted by Gasteiger charge is 2.28. The van der Waals surface area contributed by atoms with Gasteiger partial charge >= 0.3 is 0 Å². The minimum atomic E-state index is -3.33. The number of fused-ring (bicyclic) bond motifs is 1. The number of benzene rings is 1. The van der Waals surface area contributed by atoms with Gasteiger partial charge in [0, 0.05) is 24.7 Å². The van der Waals surface area contributed by atoms with Gasteiger partial charge < -0.3 is 25.8 Å². The number of methoxy groups -OCH3 is 1. The van der Waals surface area contributed by atoms with E-state index in [1.807, 2.05) is 6.07 Å². The molecule has 0 bridgehead atoms. The predicted molar refractivity (Wildman–Crippen MR) is 146 cm³/mol. The molecule has 2 aliphatic carbocycles. The Bertz CT molecular complexity index is 1180. The molecule has 1 aromatic carbocycles. The van der Waals surface area contributed by atoms with E-state index in [9.17, 15) is 8.42 Å². The van der Waals surface area contributed by atoms with E-state index in [-0.39, 0.29) is 18.7 Å². The molecule has 2 aromatic rings. The van der Waals surface area contributed by atoms with E-state index in [1.165, 1.54) is 23.6 Å². The van der Waals surface area contributed by atoms with Crippen molar-refractivity contribution in [3.05, 3.63) is 34.5 Å². The quantitative estimate of drug-likeness (QED) is 0.282. The van der Waals surface area contributed by atoms with Gasteiger partial charge in [-0.15, -0.1) is 0 Å². The molecule has 3 atom stereocenters. The van der Waals surface area contributed by atoms with E-state index in [0.717, 1.165) is 62.8 Å². The van der Waals surface area contributed by atoms with Gasteiger partial charge in [0.25, 0.3) is 0 Å². The summed E-state index contributed by atoms with van der Waals surface area (Å²) in [6.07, 6.45) is 10.1. The largest absolute Gasteiger partial charge is 0.494 e. The number of nitrogens with one attached hydrogen (secondary N) is 4. The molecule has 0 amide bonds. The number of aliphatic hydroxyl groups is 1. The summed E-state index contributed by atoms with van der Waals surface area (Å²) in [5.41, 5.74) is 3.17. The van der Waals surface area contributed by atoms with Crippen LogP contribution in [-0.4, -0.2) is 68.1 Å². The number of anilines is 3. The summed E-state index contributed by atoms with van der Waals surface area (Å²) < 4.78 is 32.3. The molecule has 1 saturated carbocycles. The van der Waals surface area contributed by atoms with Gasteiger partial charge in [-0.3, -0.25) is 0 Å². The molecule has 1 aromatic heterocycles. The van der Waals surface area contributed by atoms with Crippen LogP contribution in [0.5, 0.6) is 5.75 Å². The average Bonchev–Trinajstić information content (AvgIpc) is 3.07. The van der Waals surface area contributed by atoms with Crippen molar-refractivity contribution in [1.29, 1.82) is 0 Å². The fourth-order valence-electron chi connectivity index (χ4n) is 5.35. The first-order valence-corrected chi connectivity index (χ1v) is 15.1. The first-order valence-electron chi connectivity index (χ1n) is 12.8. The van der Waals surface area contributed by atoms with Gasteiger partial charge in [0.15, 0.2) is 5.82 Å². The summed E-state index contributed by atoms with van der Waals surface area (Å²) in [4.78, 5) is 8.98. The summed E-state index contributed by atoms with van der Waals surface area (Å²) >= 11 is 6.42. The molecule has 4 rings (SSSR count). The number of sulfonamides is 1. The molecule has 1 unspecified atom stereocenters. The zero-order chi connectivity index (χ0) is 26.4. The Hall–Kier alpha value is -2.18. The van der Waals surface area contributed by atoms with Crippen molar-refractivity contribution < 1.29 is 18.3 Å². The molecule has 37 heavy (non-hydrogen) atoms. The van der Waals surface area contributed by atoms with Crippen LogP contribution < -0.4 is 25.4 Å². The van der Waals surface area contributed by atoms with Crippen molar-refractivity contribution in [2.75, 3.05) is 37.2 Å². The van der Waals surface area contributed by atoms with Crippen molar-refractivity contribution in [2.45, 2.75) is 69.5 Å². The third-order valence-electron chi connectivity index (χ3n) is 7.00. The maximum Gasteiger partial charge on any atom is 0.229 e. The van der Waals surface area contributed by atoms with Gasteiger partial charge in [-0.2, -0.15) is 4.98 Å². The molecule has 2 aliphatic rings. The van der Waals surface area contributed by atoms with Crippen LogP contribution in [0.2, 0.25) is 5.02 Å². The molecule has 0 radical (unpaired) electrons. The zero-order valence-electron chi connectivity index (χ0n) is 21.4. The molecule has 5 N–H and O–H groups in total. The van der Waals surface area contributed by atoms with Crippen molar-refractivity contribution in [1.82, 2.24) is 20.0 Å². The van der Waals surface area contributed by atoms with E-state index >= 15 is 0 Å². The predicted octanol–water partition coefficient (Wildman–Crippen LogP) is 2.98. The molecule has 0 saturated heterocycles. The summed E-state index contributed by atoms with van der Waals surface area (Å²) in [6.45, 7) is 0.718. The van der Waals surface area contributed by atoms with Crippen LogP contribution in [0.3, 0.4) is 0 Å². The summed E-state index contributed by atoms with van der Waals surface area (Å²) in [5, 5.41) is 19.6. The Morgan fingerprint density at radius 2 is 1.95 bits per heavy atom. The van der Waals surface area contributed by atoms with Gasteiger partial charge in [-0.05, 0) is 55.7 Å². The smallest absolute Gasteiger partial charge is 0.229 e. The Labute approximate surface area is 224 Å². The lowest BCUT2D eigenvalue weighted by Gasteiger charge is -2.32. The molecule has 12 heteroatoms. The Morgan fingerprint density at radius 3 is 2.68 bits per heavy atom. The first-order chi connectivity index (χ1) is 17.8. The van der Waals surface area contributed by atoms with Gasteiger partial charge in [-0.1, -0.05) is 30.5 Å². The zero-order valence-corrected chi connectivity index (χ0v) is 23.0. The molecule has 1 fully saturated rings.